The molecule has 0 atom stereocenters. The normalized spacial score (nSPS) is 14.4. The van der Waals surface area contributed by atoms with E-state index in [4.69, 9.17) is 14.4 Å². The van der Waals surface area contributed by atoms with Crippen molar-refractivity contribution in [2.75, 3.05) is 14.2 Å². The van der Waals surface area contributed by atoms with Gasteiger partial charge in [-0.2, -0.15) is 0 Å². The second kappa shape index (κ2) is 10.6. The molecule has 158 valence electrons. The number of esters is 1. The van der Waals surface area contributed by atoms with E-state index < -0.39 is 5.97 Å². The van der Waals surface area contributed by atoms with E-state index in [2.05, 4.69) is 51.1 Å². The Bertz CT molecular complexity index is 967. The summed E-state index contributed by atoms with van der Waals surface area (Å²) in [5.41, 5.74) is 4.52. The van der Waals surface area contributed by atoms with E-state index in [-0.39, 0.29) is 12.3 Å². The fourth-order valence-electron chi connectivity index (χ4n) is 3.15. The number of hydrogen-bond acceptors (Lipinski definition) is 6. The Balaban J connectivity index is 1.86. The number of carbonyl (C=O) groups is 1. The number of nitrogens with zero attached hydrogens (tertiary/aromatic N) is 2. The zero-order chi connectivity index (χ0) is 21.5. The highest BCUT2D eigenvalue weighted by atomic mass is 127. The minimum Gasteiger partial charge on any atom is -0.464 e. The van der Waals surface area contributed by atoms with Crippen molar-refractivity contribution in [3.05, 3.63) is 68.3 Å². The van der Waals surface area contributed by atoms with Crippen LogP contribution in [-0.4, -0.2) is 31.6 Å². The van der Waals surface area contributed by atoms with Gasteiger partial charge in [0, 0.05) is 20.3 Å². The van der Waals surface area contributed by atoms with E-state index >= 15 is 0 Å². The van der Waals surface area contributed by atoms with E-state index in [0.29, 0.717) is 11.5 Å². The molecule has 2 aromatic carbocycles. The standard InChI is InChI=1S/C23H25IN2O4/c1-15-6-4-9-19(22(26-29-3)23(27)28-2)20(15)14-30-25-21(12-16-10-11-16)17-7-5-8-18(24)13-17/h4-9,13,16H,10-12,14H2,1-3H3/b25-21+,26-22+. The molecule has 2 aromatic rings. The molecule has 1 aliphatic rings. The van der Waals surface area contributed by atoms with E-state index in [1.165, 1.54) is 27.1 Å². The van der Waals surface area contributed by atoms with E-state index in [1.54, 1.807) is 6.07 Å². The summed E-state index contributed by atoms with van der Waals surface area (Å²) in [6, 6.07) is 13.9. The van der Waals surface area contributed by atoms with Crippen LogP contribution < -0.4 is 0 Å². The van der Waals surface area contributed by atoms with Crippen LogP contribution in [0.15, 0.2) is 52.8 Å². The molecule has 1 fully saturated rings. The molecule has 0 aliphatic heterocycles. The number of halogens is 1. The maximum absolute atomic E-state index is 12.2. The summed E-state index contributed by atoms with van der Waals surface area (Å²) in [4.78, 5) is 22.9. The average molecular weight is 520 g/mol. The van der Waals surface area contributed by atoms with Crippen molar-refractivity contribution in [1.29, 1.82) is 0 Å². The summed E-state index contributed by atoms with van der Waals surface area (Å²) in [5, 5.41) is 8.35. The fraction of sp³-hybridized carbons (Fsp3) is 0.348. The molecular weight excluding hydrogens is 495 g/mol. The van der Waals surface area contributed by atoms with Crippen molar-refractivity contribution >= 4 is 40.0 Å². The molecule has 1 saturated carbocycles. The van der Waals surface area contributed by atoms with Gasteiger partial charge >= 0.3 is 5.97 Å². The van der Waals surface area contributed by atoms with Crippen LogP contribution in [0.1, 0.15) is 41.5 Å². The van der Waals surface area contributed by atoms with Crippen LogP contribution in [0.4, 0.5) is 0 Å². The average Bonchev–Trinajstić information content (AvgIpc) is 3.56. The number of aryl methyl sites for hydroxylation is 1. The molecule has 3 rings (SSSR count). The van der Waals surface area contributed by atoms with Crippen molar-refractivity contribution in [3.63, 3.8) is 0 Å². The molecule has 0 bridgehead atoms. The lowest BCUT2D eigenvalue weighted by atomic mass is 9.99. The van der Waals surface area contributed by atoms with Crippen LogP contribution in [-0.2, 0) is 25.8 Å². The molecule has 0 spiro atoms. The van der Waals surface area contributed by atoms with Gasteiger partial charge in [-0.05, 0) is 72.4 Å². The lowest BCUT2D eigenvalue weighted by molar-refractivity contribution is -0.132. The van der Waals surface area contributed by atoms with Gasteiger partial charge in [-0.1, -0.05) is 40.6 Å². The molecule has 0 saturated heterocycles. The molecule has 1 aliphatic carbocycles. The van der Waals surface area contributed by atoms with E-state index in [9.17, 15) is 4.79 Å². The highest BCUT2D eigenvalue weighted by molar-refractivity contribution is 14.1. The second-order valence-electron chi connectivity index (χ2n) is 7.18. The van der Waals surface area contributed by atoms with Gasteiger partial charge in [0.1, 0.15) is 13.7 Å². The number of carbonyl (C=O) groups excluding carboxylic acids is 1. The molecule has 30 heavy (non-hydrogen) atoms. The van der Waals surface area contributed by atoms with Gasteiger partial charge in [0.05, 0.1) is 12.8 Å². The number of methoxy groups -OCH3 is 1. The van der Waals surface area contributed by atoms with Crippen molar-refractivity contribution in [2.45, 2.75) is 32.8 Å². The summed E-state index contributed by atoms with van der Waals surface area (Å²) in [7, 11) is 2.71. The predicted octanol–water partition coefficient (Wildman–Crippen LogP) is 4.84. The maximum Gasteiger partial charge on any atom is 0.360 e. The van der Waals surface area contributed by atoms with Crippen molar-refractivity contribution < 1.29 is 19.2 Å². The first-order valence-corrected chi connectivity index (χ1v) is 10.8. The third-order valence-electron chi connectivity index (χ3n) is 4.95. The Kier molecular flexibility index (Phi) is 7.84. The van der Waals surface area contributed by atoms with Gasteiger partial charge in [0.25, 0.3) is 0 Å². The van der Waals surface area contributed by atoms with Crippen molar-refractivity contribution in [3.8, 4) is 0 Å². The van der Waals surface area contributed by atoms with E-state index in [0.717, 1.165) is 32.4 Å². The van der Waals surface area contributed by atoms with Gasteiger partial charge in [-0.3, -0.25) is 0 Å². The Labute approximate surface area is 190 Å². The molecule has 0 amide bonds. The summed E-state index contributed by atoms with van der Waals surface area (Å²) in [5.74, 6) is 0.111. The maximum atomic E-state index is 12.2. The number of hydrogen-bond donors (Lipinski definition) is 0. The van der Waals surface area contributed by atoms with Crippen LogP contribution in [0.25, 0.3) is 0 Å². The van der Waals surface area contributed by atoms with Gasteiger partial charge in [-0.15, -0.1) is 0 Å². The molecule has 0 radical (unpaired) electrons. The van der Waals surface area contributed by atoms with Gasteiger partial charge in [0.2, 0.25) is 0 Å². The van der Waals surface area contributed by atoms with E-state index in [1.807, 2.05) is 25.1 Å². The number of ether oxygens (including phenoxy) is 1. The predicted molar refractivity (Wildman–Crippen MR) is 125 cm³/mol. The Morgan fingerprint density at radius 1 is 1.13 bits per heavy atom. The summed E-state index contributed by atoms with van der Waals surface area (Å²) >= 11 is 2.30. The Morgan fingerprint density at radius 2 is 1.90 bits per heavy atom. The molecule has 0 heterocycles. The lowest BCUT2D eigenvalue weighted by Gasteiger charge is -2.13. The molecule has 0 N–H and O–H groups in total. The fourth-order valence-corrected chi connectivity index (χ4v) is 3.69. The minimum absolute atomic E-state index is 0.0992. The van der Waals surface area contributed by atoms with Crippen molar-refractivity contribution in [1.82, 2.24) is 0 Å². The number of oxime groups is 2. The molecular formula is C23H25IN2O4. The molecule has 0 aromatic heterocycles. The quantitative estimate of drug-likeness (QED) is 0.205. The Morgan fingerprint density at radius 3 is 2.57 bits per heavy atom. The monoisotopic (exact) mass is 520 g/mol. The van der Waals surface area contributed by atoms with Crippen LogP contribution in [0.2, 0.25) is 0 Å². The summed E-state index contributed by atoms with van der Waals surface area (Å²) in [6.07, 6.45) is 3.38. The number of benzene rings is 2. The smallest absolute Gasteiger partial charge is 0.360 e. The molecule has 7 heteroatoms. The van der Waals surface area contributed by atoms with Crippen LogP contribution in [0.5, 0.6) is 0 Å². The Hall–Kier alpha value is -2.42. The topological polar surface area (TPSA) is 69.5 Å². The van der Waals surface area contributed by atoms with Gasteiger partial charge < -0.3 is 14.4 Å². The SMILES string of the molecule is CO/N=C(/C(=O)OC)c1cccc(C)c1CO/N=C(\CC1CC1)c1cccc(I)c1. The minimum atomic E-state index is -0.569. The van der Waals surface area contributed by atoms with Crippen LogP contribution in [0.3, 0.4) is 0 Å². The molecule has 6 nitrogen and oxygen atoms in total. The molecule has 0 unspecified atom stereocenters. The first kappa shape index (κ1) is 22.3. The second-order valence-corrected chi connectivity index (χ2v) is 8.43. The third-order valence-corrected chi connectivity index (χ3v) is 5.62. The first-order chi connectivity index (χ1) is 14.5. The summed E-state index contributed by atoms with van der Waals surface area (Å²) in [6.45, 7) is 2.16. The summed E-state index contributed by atoms with van der Waals surface area (Å²) < 4.78 is 6.02. The first-order valence-electron chi connectivity index (χ1n) is 9.76. The van der Waals surface area contributed by atoms with Gasteiger partial charge in [-0.25, -0.2) is 4.79 Å². The zero-order valence-corrected chi connectivity index (χ0v) is 19.5. The highest BCUT2D eigenvalue weighted by Gasteiger charge is 2.25. The van der Waals surface area contributed by atoms with Gasteiger partial charge in [0.15, 0.2) is 5.71 Å². The highest BCUT2D eigenvalue weighted by Crippen LogP contribution is 2.34. The van der Waals surface area contributed by atoms with Crippen LogP contribution >= 0.6 is 22.6 Å². The zero-order valence-electron chi connectivity index (χ0n) is 17.4. The lowest BCUT2D eigenvalue weighted by Crippen LogP contribution is -2.20. The van der Waals surface area contributed by atoms with Crippen molar-refractivity contribution in [2.24, 2.45) is 16.2 Å². The third kappa shape index (κ3) is 5.81. The van der Waals surface area contributed by atoms with Crippen LogP contribution in [0, 0.1) is 16.4 Å². The largest absolute Gasteiger partial charge is 0.464 e. The number of rotatable bonds is 9.